The molecule has 5 aromatic rings. The summed E-state index contributed by atoms with van der Waals surface area (Å²) in [7, 11) is 0. The number of rotatable bonds is 7. The van der Waals surface area contributed by atoms with Crippen LogP contribution in [-0.2, 0) is 25.0 Å². The second-order valence-corrected chi connectivity index (χ2v) is 9.98. The maximum atomic E-state index is 4.97. The molecule has 32 heavy (non-hydrogen) atoms. The normalized spacial score (nSPS) is 13.1. The lowest BCUT2D eigenvalue weighted by molar-refractivity contribution is 0.866. The number of aromatic nitrogens is 5. The third-order valence-corrected chi connectivity index (χ3v) is 7.94. The van der Waals surface area contributed by atoms with Gasteiger partial charge in [0, 0.05) is 28.9 Å². The number of fused-ring (bicyclic) bond motifs is 4. The summed E-state index contributed by atoms with van der Waals surface area (Å²) < 4.78 is 2.04. The monoisotopic (exact) mass is 458 g/mol. The Morgan fingerprint density at radius 3 is 2.84 bits per heavy atom. The molecule has 0 bridgehead atoms. The summed E-state index contributed by atoms with van der Waals surface area (Å²) in [5, 5.41) is 13.4. The zero-order chi connectivity index (χ0) is 21.3. The van der Waals surface area contributed by atoms with E-state index < -0.39 is 0 Å². The molecule has 8 heteroatoms. The number of anilines is 1. The Morgan fingerprint density at radius 2 is 1.91 bits per heavy atom. The van der Waals surface area contributed by atoms with E-state index in [0.717, 1.165) is 59.5 Å². The fourth-order valence-corrected chi connectivity index (χ4v) is 6.31. The minimum Gasteiger partial charge on any atom is -0.369 e. The van der Waals surface area contributed by atoms with Crippen molar-refractivity contribution in [1.29, 1.82) is 0 Å². The van der Waals surface area contributed by atoms with Gasteiger partial charge in [-0.3, -0.25) is 4.40 Å². The van der Waals surface area contributed by atoms with Crippen molar-refractivity contribution in [2.75, 3.05) is 11.9 Å². The van der Waals surface area contributed by atoms with Gasteiger partial charge >= 0.3 is 0 Å². The number of thioether (sulfide) groups is 1. The van der Waals surface area contributed by atoms with E-state index in [-0.39, 0.29) is 0 Å². The summed E-state index contributed by atoms with van der Waals surface area (Å²) in [5.41, 5.74) is 2.32. The first-order chi connectivity index (χ1) is 15.8. The van der Waals surface area contributed by atoms with Gasteiger partial charge in [-0.15, -0.1) is 33.3 Å². The second-order valence-electron chi connectivity index (χ2n) is 7.85. The average Bonchev–Trinajstić information content (AvgIpc) is 3.53. The van der Waals surface area contributed by atoms with E-state index in [1.165, 1.54) is 27.1 Å². The van der Waals surface area contributed by atoms with Crippen LogP contribution in [-0.4, -0.2) is 31.1 Å². The Kier molecular flexibility index (Phi) is 5.24. The zero-order valence-electron chi connectivity index (χ0n) is 17.5. The topological polar surface area (TPSA) is 68.0 Å². The third kappa shape index (κ3) is 3.73. The Morgan fingerprint density at radius 1 is 1.00 bits per heavy atom. The first-order valence-electron chi connectivity index (χ1n) is 10.9. The van der Waals surface area contributed by atoms with Crippen molar-refractivity contribution in [3.8, 4) is 0 Å². The summed E-state index contributed by atoms with van der Waals surface area (Å²) >= 11 is 3.62. The predicted octanol–water partition coefficient (Wildman–Crippen LogP) is 5.17. The Balaban J connectivity index is 1.26. The summed E-state index contributed by atoms with van der Waals surface area (Å²) in [5.74, 6) is 3.55. The molecule has 1 aliphatic carbocycles. The fourth-order valence-electron chi connectivity index (χ4n) is 4.25. The highest BCUT2D eigenvalue weighted by molar-refractivity contribution is 7.98. The smallest absolute Gasteiger partial charge is 0.160 e. The van der Waals surface area contributed by atoms with E-state index in [4.69, 9.17) is 9.97 Å². The van der Waals surface area contributed by atoms with Gasteiger partial charge in [0.15, 0.2) is 5.65 Å². The minimum atomic E-state index is 0.748. The summed E-state index contributed by atoms with van der Waals surface area (Å²) in [6.07, 6.45) is 6.30. The van der Waals surface area contributed by atoms with Gasteiger partial charge < -0.3 is 5.32 Å². The lowest BCUT2D eigenvalue weighted by atomic mass is 10.2. The Bertz CT molecular complexity index is 1390. The SMILES string of the molecule is c1ccc(SCc2nc(NCCc3nnc4ccccn34)c3c4c(sc3n2)CCC4)cc1. The number of pyridine rings is 1. The molecule has 0 unspecified atom stereocenters. The van der Waals surface area contributed by atoms with Gasteiger partial charge in [-0.2, -0.15) is 0 Å². The number of thiophene rings is 1. The summed E-state index contributed by atoms with van der Waals surface area (Å²) in [6.45, 7) is 0.748. The highest BCUT2D eigenvalue weighted by Gasteiger charge is 2.22. The summed E-state index contributed by atoms with van der Waals surface area (Å²) in [6, 6.07) is 16.4. The van der Waals surface area contributed by atoms with Crippen LogP contribution in [0.25, 0.3) is 15.9 Å². The van der Waals surface area contributed by atoms with Crippen molar-refractivity contribution in [3.05, 3.63) is 76.8 Å². The fraction of sp³-hybridized carbons (Fsp3) is 0.250. The van der Waals surface area contributed by atoms with Crippen LogP contribution in [0.3, 0.4) is 0 Å². The van der Waals surface area contributed by atoms with Crippen LogP contribution in [0.2, 0.25) is 0 Å². The maximum Gasteiger partial charge on any atom is 0.160 e. The largest absolute Gasteiger partial charge is 0.369 e. The molecule has 1 N–H and O–H groups in total. The van der Waals surface area contributed by atoms with E-state index in [1.807, 2.05) is 46.2 Å². The lowest BCUT2D eigenvalue weighted by Gasteiger charge is -2.10. The predicted molar refractivity (Wildman–Crippen MR) is 131 cm³/mol. The van der Waals surface area contributed by atoms with E-state index in [1.54, 1.807) is 11.8 Å². The van der Waals surface area contributed by atoms with Crippen LogP contribution in [0.1, 0.15) is 28.5 Å². The molecule has 1 aliphatic rings. The molecule has 6 rings (SSSR count). The molecule has 0 saturated heterocycles. The highest BCUT2D eigenvalue weighted by Crippen LogP contribution is 2.40. The van der Waals surface area contributed by atoms with E-state index >= 15 is 0 Å². The number of hydrogen-bond donors (Lipinski definition) is 1. The molecule has 0 saturated carbocycles. The van der Waals surface area contributed by atoms with Gasteiger partial charge in [0.25, 0.3) is 0 Å². The van der Waals surface area contributed by atoms with E-state index in [2.05, 4.69) is 39.8 Å². The number of aryl methyl sites for hydroxylation is 2. The van der Waals surface area contributed by atoms with Gasteiger partial charge in [-0.05, 0) is 49.1 Å². The first-order valence-corrected chi connectivity index (χ1v) is 12.7. The third-order valence-electron chi connectivity index (χ3n) is 5.75. The molecule has 0 amide bonds. The Hall–Kier alpha value is -2.97. The maximum absolute atomic E-state index is 4.97. The van der Waals surface area contributed by atoms with Crippen LogP contribution in [0.15, 0.2) is 59.6 Å². The lowest BCUT2D eigenvalue weighted by Crippen LogP contribution is -2.10. The van der Waals surface area contributed by atoms with Crippen molar-refractivity contribution in [1.82, 2.24) is 24.6 Å². The average molecular weight is 459 g/mol. The van der Waals surface area contributed by atoms with Crippen LogP contribution < -0.4 is 5.32 Å². The molecule has 1 aromatic carbocycles. The first kappa shape index (κ1) is 19.7. The van der Waals surface area contributed by atoms with Gasteiger partial charge in [0.2, 0.25) is 0 Å². The molecule has 0 aliphatic heterocycles. The van der Waals surface area contributed by atoms with Gasteiger partial charge in [-0.1, -0.05) is 24.3 Å². The molecule has 6 nitrogen and oxygen atoms in total. The zero-order valence-corrected chi connectivity index (χ0v) is 19.1. The van der Waals surface area contributed by atoms with Crippen molar-refractivity contribution >= 4 is 44.8 Å². The molecule has 0 radical (unpaired) electrons. The number of nitrogens with one attached hydrogen (secondary N) is 1. The van der Waals surface area contributed by atoms with Crippen LogP contribution in [0.4, 0.5) is 5.82 Å². The number of nitrogens with zero attached hydrogens (tertiary/aromatic N) is 5. The van der Waals surface area contributed by atoms with Crippen LogP contribution in [0, 0.1) is 0 Å². The molecule has 160 valence electrons. The van der Waals surface area contributed by atoms with Crippen molar-refractivity contribution < 1.29 is 0 Å². The number of benzene rings is 1. The molecule has 0 atom stereocenters. The standard InChI is InChI=1S/C24H22N6S2/c1-2-7-16(8-3-1)31-15-19-26-23(22-17-9-6-10-18(17)32-24(22)27-19)25-13-12-21-29-28-20-11-4-5-14-30(20)21/h1-5,7-8,11,14H,6,9-10,12-13,15H2,(H,25,26,27). The van der Waals surface area contributed by atoms with Crippen molar-refractivity contribution in [3.63, 3.8) is 0 Å². The number of hydrogen-bond acceptors (Lipinski definition) is 7. The van der Waals surface area contributed by atoms with E-state index in [0.29, 0.717) is 0 Å². The molecule has 0 spiro atoms. The summed E-state index contributed by atoms with van der Waals surface area (Å²) in [4.78, 5) is 13.7. The van der Waals surface area contributed by atoms with Crippen LogP contribution in [0.5, 0.6) is 0 Å². The molecule has 4 aromatic heterocycles. The highest BCUT2D eigenvalue weighted by atomic mass is 32.2. The molecular formula is C24H22N6S2. The molecular weight excluding hydrogens is 436 g/mol. The van der Waals surface area contributed by atoms with Gasteiger partial charge in [0.1, 0.15) is 22.3 Å². The van der Waals surface area contributed by atoms with Crippen LogP contribution >= 0.6 is 23.1 Å². The minimum absolute atomic E-state index is 0.748. The molecule has 0 fully saturated rings. The van der Waals surface area contributed by atoms with Gasteiger partial charge in [0.05, 0.1) is 11.1 Å². The van der Waals surface area contributed by atoms with Gasteiger partial charge in [-0.25, -0.2) is 9.97 Å². The van der Waals surface area contributed by atoms with Crippen molar-refractivity contribution in [2.45, 2.75) is 36.3 Å². The second kappa shape index (κ2) is 8.52. The quantitative estimate of drug-likeness (QED) is 0.339. The van der Waals surface area contributed by atoms with Crippen molar-refractivity contribution in [2.24, 2.45) is 0 Å². The van der Waals surface area contributed by atoms with E-state index in [9.17, 15) is 0 Å². The Labute approximate surface area is 194 Å². The molecule has 4 heterocycles.